The number of hydrogen-bond acceptors (Lipinski definition) is 3. The van der Waals surface area contributed by atoms with Crippen LogP contribution in [-0.4, -0.2) is 11.5 Å². The van der Waals surface area contributed by atoms with Crippen LogP contribution in [0.5, 0.6) is 0 Å². The van der Waals surface area contributed by atoms with Crippen molar-refractivity contribution in [3.63, 3.8) is 0 Å². The number of nitrogens with zero attached hydrogens (tertiary/aromatic N) is 1. The second kappa shape index (κ2) is 5.45. The lowest BCUT2D eigenvalue weighted by Gasteiger charge is -1.96. The highest BCUT2D eigenvalue weighted by molar-refractivity contribution is 14.1. The topological polar surface area (TPSA) is 38.1 Å². The van der Waals surface area contributed by atoms with Gasteiger partial charge in [0.2, 0.25) is 5.89 Å². The molecule has 1 heterocycles. The summed E-state index contributed by atoms with van der Waals surface area (Å²) < 4.78 is 6.63. The van der Waals surface area contributed by atoms with Gasteiger partial charge in [-0.1, -0.05) is 13.0 Å². The fraction of sp³-hybridized carbons (Fsp3) is 0.250. The maximum atomic E-state index is 5.45. The van der Waals surface area contributed by atoms with E-state index in [2.05, 4.69) is 45.9 Å². The molecule has 2 aromatic rings. The number of nitrogens with one attached hydrogen (secondary N) is 1. The van der Waals surface area contributed by atoms with Gasteiger partial charge in [-0.25, -0.2) is 4.98 Å². The Bertz CT molecular complexity index is 468. The first-order valence-corrected chi connectivity index (χ1v) is 6.28. The van der Waals surface area contributed by atoms with E-state index in [0.29, 0.717) is 5.89 Å². The van der Waals surface area contributed by atoms with Crippen molar-refractivity contribution in [2.24, 2.45) is 0 Å². The lowest BCUT2D eigenvalue weighted by atomic mass is 10.2. The summed E-state index contributed by atoms with van der Waals surface area (Å²) in [6.07, 6.45) is 1.71. The Balaban J connectivity index is 2.18. The summed E-state index contributed by atoms with van der Waals surface area (Å²) in [5.41, 5.74) is 1.96. The van der Waals surface area contributed by atoms with Crippen molar-refractivity contribution in [3.05, 3.63) is 39.8 Å². The van der Waals surface area contributed by atoms with Crippen molar-refractivity contribution < 1.29 is 4.42 Å². The fourth-order valence-corrected chi connectivity index (χ4v) is 1.94. The van der Waals surface area contributed by atoms with Crippen LogP contribution in [0.2, 0.25) is 0 Å². The van der Waals surface area contributed by atoms with Crippen LogP contribution in [0.15, 0.2) is 34.9 Å². The zero-order valence-corrected chi connectivity index (χ0v) is 11.2. The molecule has 84 valence electrons. The number of hydrogen-bond donors (Lipinski definition) is 1. The highest BCUT2D eigenvalue weighted by atomic mass is 127. The minimum atomic E-state index is 0.686. The second-order valence-corrected chi connectivity index (χ2v) is 4.68. The van der Waals surface area contributed by atoms with E-state index in [9.17, 15) is 0 Å². The summed E-state index contributed by atoms with van der Waals surface area (Å²) in [6.45, 7) is 3.76. The van der Waals surface area contributed by atoms with E-state index in [1.807, 2.05) is 18.2 Å². The van der Waals surface area contributed by atoms with Gasteiger partial charge in [-0.3, -0.25) is 0 Å². The van der Waals surface area contributed by atoms with E-state index in [1.54, 1.807) is 6.26 Å². The molecule has 3 nitrogen and oxygen atoms in total. The first-order chi connectivity index (χ1) is 7.79. The predicted octanol–water partition coefficient (Wildman–Crippen LogP) is 3.06. The highest BCUT2D eigenvalue weighted by Crippen LogP contribution is 2.20. The molecule has 2 rings (SSSR count). The van der Waals surface area contributed by atoms with Crippen LogP contribution in [0, 0.1) is 3.57 Å². The second-order valence-electron chi connectivity index (χ2n) is 3.43. The van der Waals surface area contributed by atoms with Gasteiger partial charge in [-0.15, -0.1) is 0 Å². The minimum absolute atomic E-state index is 0.686. The SMILES string of the molecule is CCNCc1coc(-c2cccc(I)c2)n1. The third-order valence-corrected chi connectivity index (χ3v) is 2.85. The number of benzene rings is 1. The van der Waals surface area contributed by atoms with Crippen molar-refractivity contribution in [1.29, 1.82) is 0 Å². The number of rotatable bonds is 4. The van der Waals surface area contributed by atoms with Gasteiger partial charge >= 0.3 is 0 Å². The molecule has 0 radical (unpaired) electrons. The van der Waals surface area contributed by atoms with Gasteiger partial charge in [0, 0.05) is 15.7 Å². The summed E-state index contributed by atoms with van der Waals surface area (Å²) in [5, 5.41) is 3.22. The molecule has 0 aliphatic carbocycles. The molecule has 0 spiro atoms. The van der Waals surface area contributed by atoms with Crippen LogP contribution in [0.3, 0.4) is 0 Å². The fourth-order valence-electron chi connectivity index (χ4n) is 1.40. The van der Waals surface area contributed by atoms with Crippen LogP contribution in [-0.2, 0) is 6.54 Å². The molecule has 0 fully saturated rings. The van der Waals surface area contributed by atoms with Crippen molar-refractivity contribution in [2.45, 2.75) is 13.5 Å². The average molecular weight is 328 g/mol. The van der Waals surface area contributed by atoms with Crippen LogP contribution in [0.4, 0.5) is 0 Å². The lowest BCUT2D eigenvalue weighted by molar-refractivity contribution is 0.570. The van der Waals surface area contributed by atoms with E-state index < -0.39 is 0 Å². The average Bonchev–Trinajstić information content (AvgIpc) is 2.75. The highest BCUT2D eigenvalue weighted by Gasteiger charge is 2.06. The van der Waals surface area contributed by atoms with Crippen LogP contribution >= 0.6 is 22.6 Å². The Labute approximate surface area is 108 Å². The van der Waals surface area contributed by atoms with Crippen molar-refractivity contribution in [3.8, 4) is 11.5 Å². The number of aromatic nitrogens is 1. The zero-order chi connectivity index (χ0) is 11.4. The molecule has 0 saturated carbocycles. The van der Waals surface area contributed by atoms with E-state index in [1.165, 1.54) is 3.57 Å². The largest absolute Gasteiger partial charge is 0.444 e. The molecular weight excluding hydrogens is 315 g/mol. The van der Waals surface area contributed by atoms with Gasteiger partial charge in [0.25, 0.3) is 0 Å². The summed E-state index contributed by atoms with van der Waals surface area (Å²) >= 11 is 2.28. The smallest absolute Gasteiger partial charge is 0.226 e. The first kappa shape index (κ1) is 11.6. The molecule has 0 atom stereocenters. The quantitative estimate of drug-likeness (QED) is 0.877. The Kier molecular flexibility index (Phi) is 3.95. The van der Waals surface area contributed by atoms with Crippen molar-refractivity contribution in [1.82, 2.24) is 10.3 Å². The monoisotopic (exact) mass is 328 g/mol. The molecule has 0 unspecified atom stereocenters. The molecule has 1 aromatic heterocycles. The molecular formula is C12H13IN2O. The van der Waals surface area contributed by atoms with Crippen molar-refractivity contribution in [2.75, 3.05) is 6.54 Å². The molecule has 1 N–H and O–H groups in total. The molecule has 0 amide bonds. The van der Waals surface area contributed by atoms with Crippen LogP contribution in [0.25, 0.3) is 11.5 Å². The third kappa shape index (κ3) is 2.82. The Morgan fingerprint density at radius 2 is 2.31 bits per heavy atom. The summed E-state index contributed by atoms with van der Waals surface area (Å²) in [6, 6.07) is 8.12. The minimum Gasteiger partial charge on any atom is -0.444 e. The van der Waals surface area contributed by atoms with Gasteiger partial charge in [0.1, 0.15) is 6.26 Å². The number of oxazole rings is 1. The van der Waals surface area contributed by atoms with Gasteiger partial charge in [0.05, 0.1) is 5.69 Å². The lowest BCUT2D eigenvalue weighted by Crippen LogP contribution is -2.11. The molecule has 4 heteroatoms. The summed E-state index contributed by atoms with van der Waals surface area (Å²) in [4.78, 5) is 4.43. The van der Waals surface area contributed by atoms with Gasteiger partial charge in [0.15, 0.2) is 0 Å². The Hall–Kier alpha value is -0.880. The maximum absolute atomic E-state index is 5.45. The number of halogens is 1. The standard InChI is InChI=1S/C12H13IN2O/c1-2-14-7-11-8-16-12(15-11)9-4-3-5-10(13)6-9/h3-6,8,14H,2,7H2,1H3. The molecule has 0 aliphatic heterocycles. The normalized spacial score (nSPS) is 10.6. The van der Waals surface area contributed by atoms with Gasteiger partial charge in [-0.2, -0.15) is 0 Å². The van der Waals surface area contributed by atoms with Crippen LogP contribution < -0.4 is 5.32 Å². The molecule has 1 aromatic carbocycles. The van der Waals surface area contributed by atoms with Crippen LogP contribution in [0.1, 0.15) is 12.6 Å². The molecule has 16 heavy (non-hydrogen) atoms. The molecule has 0 bridgehead atoms. The van der Waals surface area contributed by atoms with E-state index in [0.717, 1.165) is 24.3 Å². The van der Waals surface area contributed by atoms with Gasteiger partial charge in [-0.05, 0) is 47.3 Å². The molecule has 0 aliphatic rings. The molecule has 0 saturated heterocycles. The summed E-state index contributed by atoms with van der Waals surface area (Å²) in [7, 11) is 0. The predicted molar refractivity (Wildman–Crippen MR) is 72.0 cm³/mol. The van der Waals surface area contributed by atoms with E-state index in [4.69, 9.17) is 4.42 Å². The van der Waals surface area contributed by atoms with Gasteiger partial charge < -0.3 is 9.73 Å². The van der Waals surface area contributed by atoms with E-state index in [-0.39, 0.29) is 0 Å². The maximum Gasteiger partial charge on any atom is 0.226 e. The Morgan fingerprint density at radius 3 is 3.06 bits per heavy atom. The summed E-state index contributed by atoms with van der Waals surface area (Å²) in [5.74, 6) is 0.686. The van der Waals surface area contributed by atoms with E-state index >= 15 is 0 Å². The van der Waals surface area contributed by atoms with Crippen molar-refractivity contribution >= 4 is 22.6 Å². The Morgan fingerprint density at radius 1 is 1.44 bits per heavy atom. The third-order valence-electron chi connectivity index (χ3n) is 2.18. The first-order valence-electron chi connectivity index (χ1n) is 5.20. The zero-order valence-electron chi connectivity index (χ0n) is 9.03.